The van der Waals surface area contributed by atoms with E-state index in [1.54, 1.807) is 10.8 Å². The molecule has 6 rings (SSSR count). The minimum absolute atomic E-state index is 0.0147. The molecule has 2 aliphatic rings. The van der Waals surface area contributed by atoms with Crippen molar-refractivity contribution in [3.63, 3.8) is 0 Å². The molecular weight excluding hydrogens is 1290 g/mol. The number of nitrogens with one attached hydrogen (secondary N) is 7. The molecule has 4 aromatic rings. The zero-order chi connectivity index (χ0) is 69.4. The van der Waals surface area contributed by atoms with Crippen molar-refractivity contribution in [2.24, 2.45) is 34.6 Å². The smallest absolute Gasteiger partial charge is 0.404 e. The molecule has 0 aromatic carbocycles. The van der Waals surface area contributed by atoms with E-state index in [2.05, 4.69) is 61.8 Å². The molecule has 0 radical (unpaired) electrons. The van der Waals surface area contributed by atoms with Crippen molar-refractivity contribution < 1.29 is 103 Å². The number of amides is 8. The highest BCUT2D eigenvalue weighted by atomic mass is 32.1. The number of nitrogen functional groups attached to an aromatic ring is 1. The lowest BCUT2D eigenvalue weighted by Gasteiger charge is -2.47. The first-order valence-corrected chi connectivity index (χ1v) is 30.9. The number of hydrogen-bond donors (Lipinski definition) is 21. The number of aromatic nitrogens is 6. The van der Waals surface area contributed by atoms with Crippen LogP contribution in [0.5, 0.6) is 0 Å². The number of carbonyl (C=O) groups is 8. The van der Waals surface area contributed by atoms with Crippen molar-refractivity contribution in [1.82, 2.24) is 61.8 Å². The molecule has 6 heterocycles. The number of ether oxygens (including phenoxy) is 5. The molecule has 0 aliphatic carbocycles. The molecule has 520 valence electrons. The third-order valence-corrected chi connectivity index (χ3v) is 16.7. The molecule has 2 fully saturated rings. The number of hydrogen-bond acceptors (Lipinski definition) is 32. The predicted molar refractivity (Wildman–Crippen MR) is 324 cm³/mol. The summed E-state index contributed by atoms with van der Waals surface area (Å²) in [6.45, 7) is 3.41. The normalized spacial score (nSPS) is 24.2. The van der Waals surface area contributed by atoms with Gasteiger partial charge in [-0.05, 0) is 33.7 Å². The van der Waals surface area contributed by atoms with E-state index in [9.17, 15) is 74.4 Å². The highest BCUT2D eigenvalue weighted by molar-refractivity contribution is 7.14. The summed E-state index contributed by atoms with van der Waals surface area (Å²) in [6, 6.07) is -7.86. The summed E-state index contributed by atoms with van der Waals surface area (Å²) in [6.07, 6.45) is -24.5. The zero-order valence-electron chi connectivity index (χ0n) is 51.0. The molecular formula is C53H80N18O21S2. The van der Waals surface area contributed by atoms with Crippen LogP contribution in [0, 0.1) is 12.8 Å². The maximum absolute atomic E-state index is 15.2. The van der Waals surface area contributed by atoms with Crippen LogP contribution in [0.1, 0.15) is 88.8 Å². The molecule has 4 aromatic heterocycles. The molecule has 39 nitrogen and oxygen atoms in total. The van der Waals surface area contributed by atoms with Crippen LogP contribution in [0.25, 0.3) is 10.7 Å². The third-order valence-electron chi connectivity index (χ3n) is 14.9. The maximum Gasteiger partial charge on any atom is 0.404 e. The fraction of sp³-hybridized carbons (Fsp3) is 0.604. The van der Waals surface area contributed by atoms with Gasteiger partial charge in [0.25, 0.3) is 11.8 Å². The van der Waals surface area contributed by atoms with E-state index in [1.807, 2.05) is 0 Å². The number of aliphatic hydroxyl groups excluding tert-OH is 8. The minimum atomic E-state index is -2.20. The van der Waals surface area contributed by atoms with E-state index >= 15 is 4.79 Å². The fourth-order valence-electron chi connectivity index (χ4n) is 9.54. The van der Waals surface area contributed by atoms with Gasteiger partial charge in [-0.25, -0.2) is 29.7 Å². The number of carbonyl (C=O) groups excluding carboxylic acids is 8. The Labute approximate surface area is 542 Å². The standard InChI is InChI=1S/C53H80N18O21S2/c1-18-31(68-44(71-42(18)57)23(10-29(56)75)63-11-22(55)43(58)81)48(85)70-33(39(24-12-60-17-64-24)90-52-41(37(79)35(77)27(13-72)89-52)91-51-38(80)40(92-53(59)87)36(78)28(14-73)88-51)49(86)65-20(3)34(76)19(2)45(82)69-32(21(4)74)47(84)62-9-6-30-66-26(16-93-30)50-67-25(15-94-50)46(83)61-8-5-7-54/h12,15-17,19-23,27-28,32-41,51-52,63,72-74,76-80H,5-11,13-14,54-55H2,1-4H3,(H2,56,75)(H2,58,81)(H2,59,87)(H,60,64)(H,61,83)(H,62,84)(H,65,86)(H,69,82)(H,70,85)(H2,57,68,71)/t19-,20+,21+,22-,23-,27?,28?,32-,33-,34-,35?,36?,37?,38?,39-,40?,41?,51?,52?/m0/s1. The van der Waals surface area contributed by atoms with Gasteiger partial charge >= 0.3 is 6.09 Å². The number of aromatic amines is 1. The molecule has 27 N–H and O–H groups in total. The van der Waals surface area contributed by atoms with Crippen molar-refractivity contribution in [3.05, 3.63) is 56.8 Å². The van der Waals surface area contributed by atoms with Crippen molar-refractivity contribution in [2.75, 3.05) is 45.1 Å². The van der Waals surface area contributed by atoms with Crippen LogP contribution in [-0.4, -0.2) is 255 Å². The molecule has 41 heteroatoms. The van der Waals surface area contributed by atoms with Gasteiger partial charge in [-0.2, -0.15) is 0 Å². The Kier molecular flexibility index (Phi) is 27.8. The lowest BCUT2D eigenvalue weighted by molar-refractivity contribution is -0.372. The van der Waals surface area contributed by atoms with Crippen LogP contribution in [0.2, 0.25) is 0 Å². The van der Waals surface area contributed by atoms with Crippen LogP contribution in [0.3, 0.4) is 0 Å². The Morgan fingerprint density at radius 1 is 0.777 bits per heavy atom. The summed E-state index contributed by atoms with van der Waals surface area (Å²) < 4.78 is 28.7. The number of imidazole rings is 1. The fourth-order valence-corrected chi connectivity index (χ4v) is 11.2. The molecule has 0 spiro atoms. The summed E-state index contributed by atoms with van der Waals surface area (Å²) in [5.41, 5.74) is 33.5. The van der Waals surface area contributed by atoms with Crippen LogP contribution >= 0.6 is 22.7 Å². The molecule has 0 bridgehead atoms. The number of H-pyrrole nitrogens is 1. The first-order chi connectivity index (χ1) is 44.5. The molecule has 2 saturated heterocycles. The molecule has 10 unspecified atom stereocenters. The van der Waals surface area contributed by atoms with E-state index in [0.29, 0.717) is 35.2 Å². The molecule has 19 atom stereocenters. The van der Waals surface area contributed by atoms with Gasteiger partial charge in [-0.3, -0.25) is 33.6 Å². The van der Waals surface area contributed by atoms with Gasteiger partial charge in [-0.1, -0.05) is 6.92 Å². The number of primary amides is 3. The first kappa shape index (κ1) is 75.3. The summed E-state index contributed by atoms with van der Waals surface area (Å²) in [4.78, 5) is 130. The second-order valence-corrected chi connectivity index (χ2v) is 23.7. The third kappa shape index (κ3) is 19.5. The topological polar surface area (TPSA) is 653 Å². The van der Waals surface area contributed by atoms with Gasteiger partial charge in [0.1, 0.15) is 94.6 Å². The lowest BCUT2D eigenvalue weighted by Crippen LogP contribution is -2.65. The van der Waals surface area contributed by atoms with E-state index in [-0.39, 0.29) is 54.0 Å². The van der Waals surface area contributed by atoms with Crippen LogP contribution in [-0.2, 0) is 54.1 Å². The molecule has 0 saturated carbocycles. The van der Waals surface area contributed by atoms with Gasteiger partial charge in [0.2, 0.25) is 29.5 Å². The Morgan fingerprint density at radius 3 is 2.10 bits per heavy atom. The average molecular weight is 1370 g/mol. The molecule has 94 heavy (non-hydrogen) atoms. The highest BCUT2D eigenvalue weighted by Gasteiger charge is 2.54. The molecule has 2 aliphatic heterocycles. The van der Waals surface area contributed by atoms with Gasteiger partial charge in [0, 0.05) is 48.8 Å². The lowest BCUT2D eigenvalue weighted by atomic mass is 9.96. The second-order valence-electron chi connectivity index (χ2n) is 21.9. The van der Waals surface area contributed by atoms with E-state index in [0.717, 1.165) is 12.5 Å². The summed E-state index contributed by atoms with van der Waals surface area (Å²) in [5, 5.41) is 108. The summed E-state index contributed by atoms with van der Waals surface area (Å²) in [5.74, 6) is -8.78. The van der Waals surface area contributed by atoms with E-state index < -0.39 is 183 Å². The molecule has 8 amide bonds. The zero-order valence-corrected chi connectivity index (χ0v) is 52.7. The van der Waals surface area contributed by atoms with E-state index in [1.165, 1.54) is 50.4 Å². The Bertz CT molecular complexity index is 3220. The predicted octanol–water partition coefficient (Wildman–Crippen LogP) is -8.62. The van der Waals surface area contributed by atoms with Crippen molar-refractivity contribution >= 4 is 75.9 Å². The largest absolute Gasteiger partial charge is 0.441 e. The summed E-state index contributed by atoms with van der Waals surface area (Å²) >= 11 is 2.48. The summed E-state index contributed by atoms with van der Waals surface area (Å²) in [7, 11) is 0. The Hall–Kier alpha value is -7.69. The van der Waals surface area contributed by atoms with Crippen LogP contribution < -0.4 is 66.3 Å². The van der Waals surface area contributed by atoms with Crippen molar-refractivity contribution in [2.45, 2.75) is 157 Å². The Balaban J connectivity index is 1.28. The highest BCUT2D eigenvalue weighted by Crippen LogP contribution is 2.35. The second kappa shape index (κ2) is 34.6. The van der Waals surface area contributed by atoms with Crippen LogP contribution in [0.4, 0.5) is 10.6 Å². The van der Waals surface area contributed by atoms with Gasteiger partial charge in [0.05, 0.1) is 72.7 Å². The average Bonchev–Trinajstić information content (AvgIpc) is 0.993. The number of nitrogens with zero attached hydrogens (tertiary/aromatic N) is 5. The number of anilines is 1. The van der Waals surface area contributed by atoms with E-state index in [4.69, 9.17) is 58.1 Å². The minimum Gasteiger partial charge on any atom is -0.441 e. The quantitative estimate of drug-likeness (QED) is 0.0193. The van der Waals surface area contributed by atoms with Crippen molar-refractivity contribution in [3.8, 4) is 10.7 Å². The number of rotatable bonds is 34. The Morgan fingerprint density at radius 2 is 1.47 bits per heavy atom. The monoisotopic (exact) mass is 1370 g/mol. The van der Waals surface area contributed by atoms with Gasteiger partial charge < -0.3 is 136 Å². The number of aliphatic hydroxyl groups is 8. The van der Waals surface area contributed by atoms with Crippen molar-refractivity contribution in [1.29, 1.82) is 0 Å². The first-order valence-electron chi connectivity index (χ1n) is 29.1. The van der Waals surface area contributed by atoms with Gasteiger partial charge in [0.15, 0.2) is 18.7 Å². The number of nitrogens with two attached hydrogens (primary N) is 6. The maximum atomic E-state index is 15.2. The number of thiazole rings is 2. The van der Waals surface area contributed by atoms with Gasteiger partial charge in [-0.15, -0.1) is 22.7 Å². The SMILES string of the molecule is Cc1c(N)nc([C@H](CC(N)=O)NC[C@H](N)C(N)=O)nc1C(=O)N[C@H](C(=O)N[C@H](C)[C@@H](O)[C@H](C)C(=O)N[C@H](C(=O)NCCc1nc(-c2nc(C(=O)NCCCN)cs2)cs1)[C@@H](C)O)[C@@H](OC1OC(CO)C(O)C(O)C1OC1OC(CO)C(O)C(OC(N)=O)C1O)c1cnc[nH]1. The van der Waals surface area contributed by atoms with Crippen LogP contribution in [0.15, 0.2) is 23.3 Å².